The summed E-state index contributed by atoms with van der Waals surface area (Å²) in [5.41, 5.74) is 0.364. The monoisotopic (exact) mass is 324 g/mol. The quantitative estimate of drug-likeness (QED) is 0.845. The van der Waals surface area contributed by atoms with Gasteiger partial charge >= 0.3 is 0 Å². The van der Waals surface area contributed by atoms with Crippen LogP contribution < -0.4 is 10.2 Å². The summed E-state index contributed by atoms with van der Waals surface area (Å²) in [5, 5.41) is 6.06. The Morgan fingerprint density at radius 1 is 1.30 bits per heavy atom. The van der Waals surface area contributed by atoms with Crippen LogP contribution in [0.4, 0.5) is 14.7 Å². The maximum atomic E-state index is 13.1. The number of carbonyl (C=O) groups excluding carboxylic acids is 1. The Morgan fingerprint density at radius 3 is 2.57 bits per heavy atom. The van der Waals surface area contributed by atoms with Crippen molar-refractivity contribution in [2.24, 2.45) is 0 Å². The van der Waals surface area contributed by atoms with Gasteiger partial charge in [-0.2, -0.15) is 4.98 Å². The van der Waals surface area contributed by atoms with E-state index < -0.39 is 18.4 Å². The fourth-order valence-electron chi connectivity index (χ4n) is 1.95. The minimum Gasteiger partial charge on any atom is -0.344 e. The van der Waals surface area contributed by atoms with E-state index in [0.717, 1.165) is 0 Å². The van der Waals surface area contributed by atoms with E-state index in [1.165, 1.54) is 0 Å². The molecule has 6 nitrogen and oxygen atoms in total. The third-order valence-electron chi connectivity index (χ3n) is 3.15. The number of nitrogens with zero attached hydrogens (tertiary/aromatic N) is 3. The molecular formula is C15H18F2N4O2. The Labute approximate surface area is 132 Å². The van der Waals surface area contributed by atoms with Gasteiger partial charge in [-0.3, -0.25) is 4.79 Å². The zero-order valence-corrected chi connectivity index (χ0v) is 12.9. The van der Waals surface area contributed by atoms with Crippen molar-refractivity contribution in [3.8, 4) is 0 Å². The molecule has 0 unspecified atom stereocenters. The molecule has 0 bridgehead atoms. The second-order valence-corrected chi connectivity index (χ2v) is 5.17. The molecule has 0 aliphatic rings. The summed E-state index contributed by atoms with van der Waals surface area (Å²) in [7, 11) is 3.52. The number of hydrogen-bond acceptors (Lipinski definition) is 5. The number of aryl methyl sites for hydroxylation is 1. The summed E-state index contributed by atoms with van der Waals surface area (Å²) >= 11 is 0. The topological polar surface area (TPSA) is 71.3 Å². The molecule has 0 aliphatic carbocycles. The Bertz CT molecular complexity index is 631. The van der Waals surface area contributed by atoms with E-state index in [-0.39, 0.29) is 18.7 Å². The highest BCUT2D eigenvalue weighted by atomic mass is 19.3. The molecule has 23 heavy (non-hydrogen) atoms. The van der Waals surface area contributed by atoms with Crippen LogP contribution in [0.5, 0.6) is 0 Å². The van der Waals surface area contributed by atoms with Crippen LogP contribution in [-0.4, -0.2) is 36.6 Å². The highest BCUT2D eigenvalue weighted by Crippen LogP contribution is 2.20. The molecule has 0 aliphatic heterocycles. The summed E-state index contributed by atoms with van der Waals surface area (Å²) in [6, 6.07) is 6.81. The number of benzene rings is 1. The van der Waals surface area contributed by atoms with Crippen LogP contribution >= 0.6 is 0 Å². The van der Waals surface area contributed by atoms with Crippen molar-refractivity contribution in [1.29, 1.82) is 0 Å². The SMILES string of the molecule is CN(C)c1noc(CCC(=O)N[C@H](c2ccccc2)C(F)F)n1. The molecule has 1 aromatic carbocycles. The van der Waals surface area contributed by atoms with Crippen molar-refractivity contribution in [2.75, 3.05) is 19.0 Å². The molecule has 1 amide bonds. The molecule has 124 valence electrons. The fraction of sp³-hybridized carbons (Fsp3) is 0.400. The summed E-state index contributed by atoms with van der Waals surface area (Å²) in [6.45, 7) is 0. The minimum atomic E-state index is -2.69. The molecule has 0 saturated carbocycles. The van der Waals surface area contributed by atoms with Gasteiger partial charge in [0.25, 0.3) is 12.4 Å². The summed E-state index contributed by atoms with van der Waals surface area (Å²) in [4.78, 5) is 17.6. The Hall–Kier alpha value is -2.51. The van der Waals surface area contributed by atoms with Gasteiger partial charge in [0.15, 0.2) is 0 Å². The van der Waals surface area contributed by atoms with E-state index in [9.17, 15) is 13.6 Å². The predicted octanol–water partition coefficient (Wildman–Crippen LogP) is 2.19. The Kier molecular flexibility index (Phi) is 5.61. The molecule has 8 heteroatoms. The van der Waals surface area contributed by atoms with Gasteiger partial charge in [-0.25, -0.2) is 8.78 Å². The zero-order valence-electron chi connectivity index (χ0n) is 12.9. The molecule has 2 rings (SSSR count). The van der Waals surface area contributed by atoms with E-state index in [0.29, 0.717) is 11.5 Å². The summed E-state index contributed by atoms with van der Waals surface area (Å²) < 4.78 is 31.3. The zero-order chi connectivity index (χ0) is 16.8. The van der Waals surface area contributed by atoms with Crippen molar-refractivity contribution < 1.29 is 18.1 Å². The maximum Gasteiger partial charge on any atom is 0.265 e. The maximum absolute atomic E-state index is 13.1. The molecule has 1 aromatic heterocycles. The van der Waals surface area contributed by atoms with Gasteiger partial charge in [0.05, 0.1) is 0 Å². The normalized spacial score (nSPS) is 12.2. The highest BCUT2D eigenvalue weighted by molar-refractivity contribution is 5.76. The number of aromatic nitrogens is 2. The molecular weight excluding hydrogens is 306 g/mol. The molecule has 0 radical (unpaired) electrons. The first-order valence-corrected chi connectivity index (χ1v) is 7.09. The average molecular weight is 324 g/mol. The second kappa shape index (κ2) is 7.66. The number of alkyl halides is 2. The molecule has 1 heterocycles. The molecule has 0 saturated heterocycles. The van der Waals surface area contributed by atoms with E-state index >= 15 is 0 Å². The summed E-state index contributed by atoms with van der Waals surface area (Å²) in [6.07, 6.45) is -2.51. The first-order valence-electron chi connectivity index (χ1n) is 7.09. The Balaban J connectivity index is 1.91. The van der Waals surface area contributed by atoms with E-state index in [1.807, 2.05) is 0 Å². The van der Waals surface area contributed by atoms with Crippen LogP contribution in [0.2, 0.25) is 0 Å². The molecule has 1 atom stereocenters. The van der Waals surface area contributed by atoms with Crippen LogP contribution in [0.1, 0.15) is 23.9 Å². The van der Waals surface area contributed by atoms with Crippen molar-refractivity contribution >= 4 is 11.9 Å². The molecule has 0 fully saturated rings. The van der Waals surface area contributed by atoms with E-state index in [4.69, 9.17) is 4.52 Å². The van der Waals surface area contributed by atoms with Gasteiger partial charge in [0.2, 0.25) is 11.8 Å². The lowest BCUT2D eigenvalue weighted by atomic mass is 10.1. The van der Waals surface area contributed by atoms with Crippen molar-refractivity contribution in [1.82, 2.24) is 15.5 Å². The average Bonchev–Trinajstić information content (AvgIpc) is 3.00. The number of halogens is 2. The number of anilines is 1. The first kappa shape index (κ1) is 16.9. The number of nitrogens with one attached hydrogen (secondary N) is 1. The number of hydrogen-bond donors (Lipinski definition) is 1. The predicted molar refractivity (Wildman–Crippen MR) is 80.3 cm³/mol. The standard InChI is InChI=1S/C15H18F2N4O2/c1-21(2)15-19-12(23-20-15)9-8-11(22)18-13(14(16)17)10-6-4-3-5-7-10/h3-7,13-14H,8-9H2,1-2H3,(H,18,22)/t13-/m1/s1. The highest BCUT2D eigenvalue weighted by Gasteiger charge is 2.24. The van der Waals surface area contributed by atoms with Crippen LogP contribution in [0.15, 0.2) is 34.9 Å². The lowest BCUT2D eigenvalue weighted by Crippen LogP contribution is -2.33. The van der Waals surface area contributed by atoms with Crippen LogP contribution in [-0.2, 0) is 11.2 Å². The van der Waals surface area contributed by atoms with Gasteiger partial charge in [-0.1, -0.05) is 30.3 Å². The van der Waals surface area contributed by atoms with Gasteiger partial charge in [0, 0.05) is 26.9 Å². The lowest BCUT2D eigenvalue weighted by Gasteiger charge is -2.18. The largest absolute Gasteiger partial charge is 0.344 e. The first-order chi connectivity index (χ1) is 11.0. The number of rotatable bonds is 7. The van der Waals surface area contributed by atoms with Crippen molar-refractivity contribution in [3.05, 3.63) is 41.8 Å². The van der Waals surface area contributed by atoms with E-state index in [1.54, 1.807) is 49.3 Å². The smallest absolute Gasteiger partial charge is 0.265 e. The van der Waals surface area contributed by atoms with E-state index in [2.05, 4.69) is 15.5 Å². The fourth-order valence-corrected chi connectivity index (χ4v) is 1.95. The van der Waals surface area contributed by atoms with Crippen LogP contribution in [0.25, 0.3) is 0 Å². The lowest BCUT2D eigenvalue weighted by molar-refractivity contribution is -0.123. The minimum absolute atomic E-state index is 0.00881. The van der Waals surface area contributed by atoms with Crippen LogP contribution in [0, 0.1) is 0 Å². The number of carbonyl (C=O) groups is 1. The van der Waals surface area contributed by atoms with Crippen molar-refractivity contribution in [3.63, 3.8) is 0 Å². The number of amides is 1. The Morgan fingerprint density at radius 2 is 2.00 bits per heavy atom. The van der Waals surface area contributed by atoms with Gasteiger partial charge in [-0.15, -0.1) is 0 Å². The molecule has 0 spiro atoms. The molecule has 1 N–H and O–H groups in total. The van der Waals surface area contributed by atoms with Crippen molar-refractivity contribution in [2.45, 2.75) is 25.3 Å². The van der Waals surface area contributed by atoms with Crippen LogP contribution in [0.3, 0.4) is 0 Å². The second-order valence-electron chi connectivity index (χ2n) is 5.17. The third kappa shape index (κ3) is 4.73. The summed E-state index contributed by atoms with van der Waals surface area (Å²) in [5.74, 6) is 0.191. The van der Waals surface area contributed by atoms with Gasteiger partial charge in [0.1, 0.15) is 6.04 Å². The molecule has 2 aromatic rings. The van der Waals surface area contributed by atoms with Gasteiger partial charge < -0.3 is 14.7 Å². The third-order valence-corrected chi connectivity index (χ3v) is 3.15. The van der Waals surface area contributed by atoms with Gasteiger partial charge in [-0.05, 0) is 10.7 Å².